The molecule has 1 heterocycles. The number of methoxy groups -OCH3 is 1. The number of carbonyl (C=O) groups is 2. The second kappa shape index (κ2) is 6.83. The Morgan fingerprint density at radius 1 is 1.15 bits per heavy atom. The van der Waals surface area contributed by atoms with E-state index in [-0.39, 0.29) is 18.4 Å². The van der Waals surface area contributed by atoms with E-state index in [0.29, 0.717) is 16.9 Å². The average Bonchev–Trinajstić information content (AvgIpc) is 2.95. The monoisotopic (exact) mass is 290 g/mol. The van der Waals surface area contributed by atoms with Crippen molar-refractivity contribution in [2.75, 3.05) is 24.4 Å². The Bertz CT molecular complexity index is 596. The maximum atomic E-state index is 12.0. The molecule has 20 heavy (non-hydrogen) atoms. The molecular weight excluding hydrogens is 276 g/mol. The van der Waals surface area contributed by atoms with Gasteiger partial charge in [-0.05, 0) is 23.6 Å². The molecule has 1 aromatic heterocycles. The van der Waals surface area contributed by atoms with Crippen molar-refractivity contribution in [1.82, 2.24) is 0 Å². The molecule has 2 N–H and O–H groups in total. The summed E-state index contributed by atoms with van der Waals surface area (Å²) >= 11 is 1.45. The van der Waals surface area contributed by atoms with Crippen LogP contribution in [-0.4, -0.2) is 25.5 Å². The van der Waals surface area contributed by atoms with Gasteiger partial charge in [-0.1, -0.05) is 12.1 Å². The molecule has 0 unspecified atom stereocenters. The molecule has 0 aliphatic heterocycles. The molecule has 6 heteroatoms. The predicted molar refractivity (Wildman–Crippen MR) is 79.2 cm³/mol. The number of rotatable bonds is 5. The van der Waals surface area contributed by atoms with Gasteiger partial charge in [0.2, 0.25) is 5.91 Å². The number of benzene rings is 1. The molecule has 5 nitrogen and oxygen atoms in total. The average molecular weight is 290 g/mol. The van der Waals surface area contributed by atoms with Gasteiger partial charge in [-0.15, -0.1) is 0 Å². The second-order valence-electron chi connectivity index (χ2n) is 3.99. The highest BCUT2D eigenvalue weighted by Crippen LogP contribution is 2.22. The van der Waals surface area contributed by atoms with Gasteiger partial charge < -0.3 is 15.4 Å². The summed E-state index contributed by atoms with van der Waals surface area (Å²) in [5.74, 6) is -0.482. The summed E-state index contributed by atoms with van der Waals surface area (Å²) in [7, 11) is 1.45. The number of thiophene rings is 1. The van der Waals surface area contributed by atoms with Gasteiger partial charge in [-0.2, -0.15) is 11.3 Å². The Kier molecular flexibility index (Phi) is 4.86. The van der Waals surface area contributed by atoms with Gasteiger partial charge in [0.05, 0.1) is 16.9 Å². The Balaban J connectivity index is 2.11. The zero-order chi connectivity index (χ0) is 14.4. The minimum atomic E-state index is -0.273. The van der Waals surface area contributed by atoms with E-state index in [1.165, 1.54) is 18.4 Å². The summed E-state index contributed by atoms with van der Waals surface area (Å²) in [6, 6.07) is 8.76. The molecule has 0 saturated carbocycles. The van der Waals surface area contributed by atoms with Crippen LogP contribution in [-0.2, 0) is 9.53 Å². The van der Waals surface area contributed by atoms with Crippen molar-refractivity contribution < 1.29 is 14.3 Å². The van der Waals surface area contributed by atoms with Gasteiger partial charge in [-0.25, -0.2) is 0 Å². The summed E-state index contributed by atoms with van der Waals surface area (Å²) < 4.78 is 4.76. The Labute approximate surface area is 120 Å². The molecule has 0 spiro atoms. The highest BCUT2D eigenvalue weighted by atomic mass is 32.1. The van der Waals surface area contributed by atoms with Crippen molar-refractivity contribution in [1.29, 1.82) is 0 Å². The van der Waals surface area contributed by atoms with Crippen molar-refractivity contribution in [3.05, 3.63) is 46.7 Å². The van der Waals surface area contributed by atoms with Crippen LogP contribution in [0.5, 0.6) is 0 Å². The van der Waals surface area contributed by atoms with E-state index in [1.54, 1.807) is 35.7 Å². The van der Waals surface area contributed by atoms with Crippen LogP contribution in [0.3, 0.4) is 0 Å². The highest BCUT2D eigenvalue weighted by Gasteiger charge is 2.10. The lowest BCUT2D eigenvalue weighted by Crippen LogP contribution is -2.19. The van der Waals surface area contributed by atoms with E-state index in [0.717, 1.165) is 0 Å². The van der Waals surface area contributed by atoms with Crippen LogP contribution in [0, 0.1) is 0 Å². The molecule has 1 aromatic carbocycles. The largest absolute Gasteiger partial charge is 0.375 e. The number of para-hydroxylation sites is 2. The lowest BCUT2D eigenvalue weighted by molar-refractivity contribution is -0.119. The Morgan fingerprint density at radius 2 is 1.85 bits per heavy atom. The third-order valence-corrected chi connectivity index (χ3v) is 3.19. The number of anilines is 2. The third kappa shape index (κ3) is 3.66. The molecule has 0 aliphatic rings. The third-order valence-electron chi connectivity index (χ3n) is 2.51. The minimum absolute atomic E-state index is 0.0349. The Morgan fingerprint density at radius 3 is 2.45 bits per heavy atom. The maximum Gasteiger partial charge on any atom is 0.256 e. The minimum Gasteiger partial charge on any atom is -0.375 e. The molecule has 104 valence electrons. The van der Waals surface area contributed by atoms with E-state index in [4.69, 9.17) is 4.74 Å². The lowest BCUT2D eigenvalue weighted by atomic mass is 10.2. The summed E-state index contributed by atoms with van der Waals surface area (Å²) in [5.41, 5.74) is 1.68. The molecule has 0 atom stereocenters. The van der Waals surface area contributed by atoms with Crippen molar-refractivity contribution in [3.63, 3.8) is 0 Å². The zero-order valence-corrected chi connectivity index (χ0v) is 11.7. The Hall–Kier alpha value is -2.18. The van der Waals surface area contributed by atoms with Gasteiger partial charge in [0.25, 0.3) is 5.91 Å². The van der Waals surface area contributed by atoms with Gasteiger partial charge in [0, 0.05) is 12.5 Å². The number of hydrogen-bond donors (Lipinski definition) is 2. The summed E-state index contributed by atoms with van der Waals surface area (Å²) in [4.78, 5) is 23.5. The number of ether oxygens (including phenoxy) is 1. The normalized spacial score (nSPS) is 10.1. The molecule has 0 radical (unpaired) electrons. The highest BCUT2D eigenvalue weighted by molar-refractivity contribution is 7.08. The van der Waals surface area contributed by atoms with Crippen LogP contribution in [0.2, 0.25) is 0 Å². The van der Waals surface area contributed by atoms with E-state index >= 15 is 0 Å². The van der Waals surface area contributed by atoms with Crippen LogP contribution >= 0.6 is 11.3 Å². The van der Waals surface area contributed by atoms with Gasteiger partial charge in [0.1, 0.15) is 6.61 Å². The topological polar surface area (TPSA) is 67.4 Å². The summed E-state index contributed by atoms with van der Waals surface area (Å²) in [6.07, 6.45) is 0. The molecular formula is C14H14N2O3S. The van der Waals surface area contributed by atoms with E-state index < -0.39 is 0 Å². The van der Waals surface area contributed by atoms with E-state index in [2.05, 4.69) is 10.6 Å². The fourth-order valence-electron chi connectivity index (χ4n) is 1.61. The number of hydrogen-bond acceptors (Lipinski definition) is 4. The quantitative estimate of drug-likeness (QED) is 0.889. The second-order valence-corrected chi connectivity index (χ2v) is 4.77. The number of nitrogens with one attached hydrogen (secondary N) is 2. The standard InChI is InChI=1S/C14H14N2O3S/c1-19-8-13(17)15-11-4-2-3-5-12(11)16-14(18)10-6-7-20-9-10/h2-7,9H,8H2,1H3,(H,15,17)(H,16,18). The first-order chi connectivity index (χ1) is 9.70. The predicted octanol–water partition coefficient (Wildman–Crippen LogP) is 2.59. The van der Waals surface area contributed by atoms with Crippen molar-refractivity contribution in [2.24, 2.45) is 0 Å². The van der Waals surface area contributed by atoms with E-state index in [1.807, 2.05) is 5.38 Å². The van der Waals surface area contributed by atoms with Crippen LogP contribution < -0.4 is 10.6 Å². The fraction of sp³-hybridized carbons (Fsp3) is 0.143. The number of carbonyl (C=O) groups excluding carboxylic acids is 2. The molecule has 2 rings (SSSR count). The van der Waals surface area contributed by atoms with Crippen molar-refractivity contribution in [3.8, 4) is 0 Å². The van der Waals surface area contributed by atoms with Crippen LogP contribution in [0.25, 0.3) is 0 Å². The van der Waals surface area contributed by atoms with Crippen molar-refractivity contribution >= 4 is 34.5 Å². The van der Waals surface area contributed by atoms with Crippen LogP contribution in [0.1, 0.15) is 10.4 Å². The van der Waals surface area contributed by atoms with E-state index in [9.17, 15) is 9.59 Å². The molecule has 0 saturated heterocycles. The first-order valence-electron chi connectivity index (χ1n) is 5.92. The zero-order valence-electron chi connectivity index (χ0n) is 10.9. The van der Waals surface area contributed by atoms with Crippen LogP contribution in [0.4, 0.5) is 11.4 Å². The molecule has 0 bridgehead atoms. The summed E-state index contributed by atoms with van der Waals surface area (Å²) in [6.45, 7) is -0.0349. The summed E-state index contributed by atoms with van der Waals surface area (Å²) in [5, 5.41) is 9.06. The lowest BCUT2D eigenvalue weighted by Gasteiger charge is -2.11. The van der Waals surface area contributed by atoms with Gasteiger partial charge in [-0.3, -0.25) is 9.59 Å². The smallest absolute Gasteiger partial charge is 0.256 e. The molecule has 2 amide bonds. The SMILES string of the molecule is COCC(=O)Nc1ccccc1NC(=O)c1ccsc1. The van der Waals surface area contributed by atoms with Gasteiger partial charge in [0.15, 0.2) is 0 Å². The first kappa shape index (κ1) is 14.2. The van der Waals surface area contributed by atoms with Gasteiger partial charge >= 0.3 is 0 Å². The fourth-order valence-corrected chi connectivity index (χ4v) is 2.24. The molecule has 0 fully saturated rings. The maximum absolute atomic E-state index is 12.0. The van der Waals surface area contributed by atoms with Crippen LogP contribution in [0.15, 0.2) is 41.1 Å². The first-order valence-corrected chi connectivity index (χ1v) is 6.86. The molecule has 2 aromatic rings. The van der Waals surface area contributed by atoms with Crippen molar-refractivity contribution in [2.45, 2.75) is 0 Å². The number of amides is 2. The molecule has 0 aliphatic carbocycles.